The van der Waals surface area contributed by atoms with E-state index >= 15 is 0 Å². The van der Waals surface area contributed by atoms with Crippen LogP contribution < -0.4 is 4.90 Å². The number of benzene rings is 2. The molecule has 0 N–H and O–H groups in total. The summed E-state index contributed by atoms with van der Waals surface area (Å²) in [7, 11) is 2.08. The molecule has 2 aromatic carbocycles. The van der Waals surface area contributed by atoms with Gasteiger partial charge >= 0.3 is 0 Å². The van der Waals surface area contributed by atoms with Crippen LogP contribution in [0.1, 0.15) is 22.3 Å². The fraction of sp³-hybridized carbons (Fsp3) is 0.320. The van der Waals surface area contributed by atoms with E-state index in [9.17, 15) is 9.59 Å². The monoisotopic (exact) mass is 429 g/mol. The van der Waals surface area contributed by atoms with E-state index in [-0.39, 0.29) is 11.8 Å². The smallest absolute Gasteiger partial charge is 0.253 e. The van der Waals surface area contributed by atoms with Crippen LogP contribution in [-0.4, -0.2) is 64.6 Å². The van der Waals surface area contributed by atoms with Crippen molar-refractivity contribution in [1.82, 2.24) is 19.6 Å². The number of amides is 2. The first-order chi connectivity index (χ1) is 15.6. The van der Waals surface area contributed by atoms with Gasteiger partial charge in [0.05, 0.1) is 18.8 Å². The third-order valence-electron chi connectivity index (χ3n) is 6.28. The van der Waals surface area contributed by atoms with Gasteiger partial charge in [-0.05, 0) is 24.7 Å². The SMILES string of the molecule is CN1CCN(C(=O)c2ccc(CN3C(=O)CCn4nc(-c5ccccc5)cc43)cc2)CC1. The lowest BCUT2D eigenvalue weighted by Crippen LogP contribution is -2.47. The molecule has 1 fully saturated rings. The number of carbonyl (C=O) groups excluding carboxylic acids is 2. The van der Waals surface area contributed by atoms with E-state index in [1.165, 1.54) is 0 Å². The van der Waals surface area contributed by atoms with E-state index in [4.69, 9.17) is 5.10 Å². The highest BCUT2D eigenvalue weighted by Gasteiger charge is 2.27. The van der Waals surface area contributed by atoms with Gasteiger partial charge in [-0.1, -0.05) is 42.5 Å². The van der Waals surface area contributed by atoms with Crippen molar-refractivity contribution < 1.29 is 9.59 Å². The lowest BCUT2D eigenvalue weighted by molar-refractivity contribution is -0.119. The summed E-state index contributed by atoms with van der Waals surface area (Å²) in [5.41, 5.74) is 3.59. The quantitative estimate of drug-likeness (QED) is 0.640. The molecular weight excluding hydrogens is 402 g/mol. The van der Waals surface area contributed by atoms with Gasteiger partial charge in [0.1, 0.15) is 5.82 Å². The molecule has 0 unspecified atom stereocenters. The maximum atomic E-state index is 12.8. The van der Waals surface area contributed by atoms with Crippen LogP contribution in [0.25, 0.3) is 11.3 Å². The maximum absolute atomic E-state index is 12.8. The summed E-state index contributed by atoms with van der Waals surface area (Å²) < 4.78 is 1.91. The van der Waals surface area contributed by atoms with Crippen molar-refractivity contribution in [1.29, 1.82) is 0 Å². The Labute approximate surface area is 187 Å². The highest BCUT2D eigenvalue weighted by Crippen LogP contribution is 2.29. The minimum atomic E-state index is 0.0734. The summed E-state index contributed by atoms with van der Waals surface area (Å²) in [4.78, 5) is 31.5. The third-order valence-corrected chi connectivity index (χ3v) is 6.28. The van der Waals surface area contributed by atoms with Crippen molar-refractivity contribution in [3.8, 4) is 11.3 Å². The molecule has 32 heavy (non-hydrogen) atoms. The lowest BCUT2D eigenvalue weighted by Gasteiger charge is -2.32. The fourth-order valence-corrected chi connectivity index (χ4v) is 4.30. The van der Waals surface area contributed by atoms with E-state index < -0.39 is 0 Å². The van der Waals surface area contributed by atoms with Gasteiger partial charge in [-0.15, -0.1) is 0 Å². The summed E-state index contributed by atoms with van der Waals surface area (Å²) in [6.45, 7) is 4.37. The van der Waals surface area contributed by atoms with Crippen molar-refractivity contribution in [2.45, 2.75) is 19.5 Å². The van der Waals surface area contributed by atoms with Gasteiger partial charge in [0.15, 0.2) is 0 Å². The van der Waals surface area contributed by atoms with Crippen molar-refractivity contribution >= 4 is 17.6 Å². The number of anilines is 1. The van der Waals surface area contributed by atoms with Crippen LogP contribution in [0.2, 0.25) is 0 Å². The standard InChI is InChI=1S/C25H27N5O2/c1-27-13-15-28(16-14-27)25(32)21-9-7-19(8-10-21)18-29-23-17-22(20-5-3-2-4-6-20)26-30(23)12-11-24(29)31/h2-10,17H,11-16,18H2,1H3. The predicted octanol–water partition coefficient (Wildman–Crippen LogP) is 2.87. The first-order valence-corrected chi connectivity index (χ1v) is 11.1. The topological polar surface area (TPSA) is 61.7 Å². The molecule has 164 valence electrons. The molecule has 1 saturated heterocycles. The van der Waals surface area contributed by atoms with E-state index in [0.717, 1.165) is 48.8 Å². The molecule has 3 aromatic rings. The molecule has 0 bridgehead atoms. The largest absolute Gasteiger partial charge is 0.336 e. The second-order valence-electron chi connectivity index (χ2n) is 8.50. The Balaban J connectivity index is 1.33. The molecule has 2 aliphatic heterocycles. The zero-order chi connectivity index (χ0) is 22.1. The van der Waals surface area contributed by atoms with E-state index in [1.54, 1.807) is 4.90 Å². The van der Waals surface area contributed by atoms with Crippen LogP contribution >= 0.6 is 0 Å². The number of fused-ring (bicyclic) bond motifs is 1. The molecule has 3 heterocycles. The highest BCUT2D eigenvalue weighted by molar-refractivity contribution is 5.95. The summed E-state index contributed by atoms with van der Waals surface area (Å²) in [5, 5.41) is 4.71. The zero-order valence-corrected chi connectivity index (χ0v) is 18.3. The Hall–Kier alpha value is -3.45. The highest BCUT2D eigenvalue weighted by atomic mass is 16.2. The fourth-order valence-electron chi connectivity index (χ4n) is 4.30. The summed E-state index contributed by atoms with van der Waals surface area (Å²) >= 11 is 0. The second-order valence-corrected chi connectivity index (χ2v) is 8.50. The van der Waals surface area contributed by atoms with Crippen LogP contribution in [0.4, 0.5) is 5.82 Å². The van der Waals surface area contributed by atoms with Gasteiger partial charge in [-0.3, -0.25) is 14.5 Å². The molecule has 0 atom stereocenters. The van der Waals surface area contributed by atoms with Gasteiger partial charge in [-0.25, -0.2) is 4.68 Å². The molecule has 7 heteroatoms. The van der Waals surface area contributed by atoms with Crippen LogP contribution in [0.3, 0.4) is 0 Å². The van der Waals surface area contributed by atoms with Crippen molar-refractivity contribution in [3.05, 3.63) is 71.8 Å². The van der Waals surface area contributed by atoms with Gasteiger partial charge in [-0.2, -0.15) is 5.10 Å². The summed E-state index contributed by atoms with van der Waals surface area (Å²) in [5.74, 6) is 0.983. The molecule has 2 aliphatic rings. The molecule has 0 spiro atoms. The van der Waals surface area contributed by atoms with Crippen LogP contribution in [-0.2, 0) is 17.9 Å². The zero-order valence-electron chi connectivity index (χ0n) is 18.3. The molecule has 0 radical (unpaired) electrons. The molecule has 2 amide bonds. The minimum absolute atomic E-state index is 0.0734. The lowest BCUT2D eigenvalue weighted by atomic mass is 10.1. The maximum Gasteiger partial charge on any atom is 0.253 e. The van der Waals surface area contributed by atoms with Gasteiger partial charge in [0.25, 0.3) is 5.91 Å². The number of carbonyl (C=O) groups is 2. The minimum Gasteiger partial charge on any atom is -0.336 e. The first-order valence-electron chi connectivity index (χ1n) is 11.1. The number of aryl methyl sites for hydroxylation is 1. The Bertz CT molecular complexity index is 1110. The van der Waals surface area contributed by atoms with Gasteiger partial charge < -0.3 is 9.80 Å². The first kappa shape index (κ1) is 20.5. The van der Waals surface area contributed by atoms with Crippen LogP contribution in [0.15, 0.2) is 60.7 Å². The number of hydrogen-bond donors (Lipinski definition) is 0. The van der Waals surface area contributed by atoms with Gasteiger partial charge in [0, 0.05) is 49.8 Å². The Morgan fingerprint density at radius 2 is 1.66 bits per heavy atom. The number of piperazine rings is 1. The second kappa shape index (κ2) is 8.59. The van der Waals surface area contributed by atoms with E-state index in [0.29, 0.717) is 25.1 Å². The number of rotatable bonds is 4. The van der Waals surface area contributed by atoms with E-state index in [2.05, 4.69) is 11.9 Å². The number of aromatic nitrogens is 2. The molecule has 1 aromatic heterocycles. The molecule has 5 rings (SSSR count). The van der Waals surface area contributed by atoms with Crippen molar-refractivity contribution in [2.75, 3.05) is 38.1 Å². The average molecular weight is 430 g/mol. The number of nitrogens with zero attached hydrogens (tertiary/aromatic N) is 5. The predicted molar refractivity (Wildman–Crippen MR) is 123 cm³/mol. The number of likely N-dealkylation sites (N-methyl/N-ethyl adjacent to an activating group) is 1. The van der Waals surface area contributed by atoms with Crippen LogP contribution in [0.5, 0.6) is 0 Å². The summed E-state index contributed by atoms with van der Waals surface area (Å²) in [6, 6.07) is 19.6. The molecular formula is C25H27N5O2. The number of hydrogen-bond acceptors (Lipinski definition) is 4. The average Bonchev–Trinajstić information content (AvgIpc) is 3.27. The Morgan fingerprint density at radius 1 is 0.938 bits per heavy atom. The third kappa shape index (κ3) is 4.03. The van der Waals surface area contributed by atoms with E-state index in [1.807, 2.05) is 70.2 Å². The van der Waals surface area contributed by atoms with Crippen LogP contribution in [0, 0.1) is 0 Å². The summed E-state index contributed by atoms with van der Waals surface area (Å²) in [6.07, 6.45) is 0.433. The Kier molecular flexibility index (Phi) is 5.49. The molecule has 0 aliphatic carbocycles. The Morgan fingerprint density at radius 3 is 2.38 bits per heavy atom. The molecule has 7 nitrogen and oxygen atoms in total. The van der Waals surface area contributed by atoms with Crippen molar-refractivity contribution in [3.63, 3.8) is 0 Å². The van der Waals surface area contributed by atoms with Crippen molar-refractivity contribution in [2.24, 2.45) is 0 Å². The normalized spacial score (nSPS) is 16.8. The molecule has 0 saturated carbocycles. The van der Waals surface area contributed by atoms with Gasteiger partial charge in [0.2, 0.25) is 5.91 Å².